The monoisotopic (exact) mass is 315 g/mol. The van der Waals surface area contributed by atoms with Gasteiger partial charge in [-0.3, -0.25) is 9.48 Å². The second kappa shape index (κ2) is 5.81. The molecule has 0 saturated carbocycles. The van der Waals surface area contributed by atoms with E-state index in [0.717, 1.165) is 28.6 Å². The van der Waals surface area contributed by atoms with Gasteiger partial charge in [0.2, 0.25) is 5.56 Å². The molecule has 0 N–H and O–H groups in total. The highest BCUT2D eigenvalue weighted by atomic mass is 16.1. The smallest absolute Gasteiger partial charge is 0.250 e. The minimum Gasteiger partial charge on any atom is -0.318 e. The predicted molar refractivity (Wildman–Crippen MR) is 96.0 cm³/mol. The van der Waals surface area contributed by atoms with Crippen LogP contribution < -0.4 is 5.56 Å². The molecule has 0 saturated heterocycles. The van der Waals surface area contributed by atoms with Crippen LogP contribution in [0.5, 0.6) is 0 Å². The van der Waals surface area contributed by atoms with Crippen LogP contribution in [0.2, 0.25) is 0 Å². The van der Waals surface area contributed by atoms with Crippen molar-refractivity contribution in [3.05, 3.63) is 89.0 Å². The molecule has 0 atom stereocenters. The Balaban J connectivity index is 1.78. The van der Waals surface area contributed by atoms with Gasteiger partial charge in [0.25, 0.3) is 0 Å². The summed E-state index contributed by atoms with van der Waals surface area (Å²) in [5, 5.41) is 5.63. The summed E-state index contributed by atoms with van der Waals surface area (Å²) >= 11 is 0. The Bertz CT molecular complexity index is 1060. The number of pyridine rings is 1. The van der Waals surface area contributed by atoms with E-state index in [-0.39, 0.29) is 5.56 Å². The van der Waals surface area contributed by atoms with Crippen LogP contribution in [0.3, 0.4) is 0 Å². The molecule has 4 rings (SSSR count). The zero-order valence-electron chi connectivity index (χ0n) is 13.4. The average molecular weight is 315 g/mol. The van der Waals surface area contributed by atoms with Gasteiger partial charge < -0.3 is 4.57 Å². The molecule has 0 aliphatic carbocycles. The summed E-state index contributed by atoms with van der Waals surface area (Å²) in [7, 11) is 1.77. The van der Waals surface area contributed by atoms with E-state index in [9.17, 15) is 4.79 Å². The molecular formula is C20H17N3O. The molecule has 0 unspecified atom stereocenters. The molecule has 118 valence electrons. The van der Waals surface area contributed by atoms with Crippen molar-refractivity contribution in [2.75, 3.05) is 0 Å². The summed E-state index contributed by atoms with van der Waals surface area (Å²) in [4.78, 5) is 11.6. The van der Waals surface area contributed by atoms with Crippen LogP contribution >= 0.6 is 0 Å². The topological polar surface area (TPSA) is 39.8 Å². The SMILES string of the molecule is Cn1cc(-c2ccc3cnn(Cc4ccccc4)c3c2)ccc1=O. The van der Waals surface area contributed by atoms with Gasteiger partial charge in [-0.1, -0.05) is 42.5 Å². The first-order valence-corrected chi connectivity index (χ1v) is 7.87. The number of aromatic nitrogens is 3. The van der Waals surface area contributed by atoms with Crippen molar-refractivity contribution < 1.29 is 0 Å². The first-order valence-electron chi connectivity index (χ1n) is 7.87. The zero-order chi connectivity index (χ0) is 16.5. The lowest BCUT2D eigenvalue weighted by Gasteiger charge is -2.07. The third kappa shape index (κ3) is 2.63. The van der Waals surface area contributed by atoms with Crippen molar-refractivity contribution in [1.29, 1.82) is 0 Å². The Hall–Kier alpha value is -3.14. The van der Waals surface area contributed by atoms with Crippen molar-refractivity contribution >= 4 is 10.9 Å². The molecule has 0 spiro atoms. The lowest BCUT2D eigenvalue weighted by Crippen LogP contribution is -2.13. The second-order valence-electron chi connectivity index (χ2n) is 5.93. The molecule has 0 amide bonds. The molecule has 2 aromatic heterocycles. The first-order chi connectivity index (χ1) is 11.7. The van der Waals surface area contributed by atoms with Crippen molar-refractivity contribution in [3.8, 4) is 11.1 Å². The molecule has 4 heteroatoms. The lowest BCUT2D eigenvalue weighted by atomic mass is 10.1. The molecule has 0 bridgehead atoms. The molecule has 4 nitrogen and oxygen atoms in total. The van der Waals surface area contributed by atoms with Crippen LogP contribution in [0.1, 0.15) is 5.56 Å². The van der Waals surface area contributed by atoms with Crippen molar-refractivity contribution in [2.24, 2.45) is 7.05 Å². The van der Waals surface area contributed by atoms with E-state index < -0.39 is 0 Å². The van der Waals surface area contributed by atoms with Gasteiger partial charge in [0.15, 0.2) is 0 Å². The molecule has 4 aromatic rings. The van der Waals surface area contributed by atoms with Crippen LogP contribution in [0.4, 0.5) is 0 Å². The van der Waals surface area contributed by atoms with Crippen LogP contribution in [-0.2, 0) is 13.6 Å². The molecular weight excluding hydrogens is 298 g/mol. The van der Waals surface area contributed by atoms with Gasteiger partial charge in [0, 0.05) is 24.7 Å². The number of nitrogens with zero attached hydrogens (tertiary/aromatic N) is 3. The van der Waals surface area contributed by atoms with Crippen molar-refractivity contribution in [2.45, 2.75) is 6.54 Å². The number of hydrogen-bond acceptors (Lipinski definition) is 2. The predicted octanol–water partition coefficient (Wildman–Crippen LogP) is 3.45. The normalized spacial score (nSPS) is 11.0. The van der Waals surface area contributed by atoms with Gasteiger partial charge in [-0.15, -0.1) is 0 Å². The third-order valence-corrected chi connectivity index (χ3v) is 4.24. The molecule has 2 aromatic carbocycles. The first kappa shape index (κ1) is 14.5. The highest BCUT2D eigenvalue weighted by molar-refractivity contribution is 5.84. The number of fused-ring (bicyclic) bond motifs is 1. The summed E-state index contributed by atoms with van der Waals surface area (Å²) in [6.45, 7) is 0.737. The minimum atomic E-state index is -0.00560. The highest BCUT2D eigenvalue weighted by Crippen LogP contribution is 2.24. The maximum Gasteiger partial charge on any atom is 0.250 e. The Labute approximate surface area is 139 Å². The maximum absolute atomic E-state index is 11.6. The highest BCUT2D eigenvalue weighted by Gasteiger charge is 2.06. The van der Waals surface area contributed by atoms with E-state index >= 15 is 0 Å². The fourth-order valence-corrected chi connectivity index (χ4v) is 2.90. The summed E-state index contributed by atoms with van der Waals surface area (Å²) < 4.78 is 3.61. The second-order valence-corrected chi connectivity index (χ2v) is 5.93. The van der Waals surface area contributed by atoms with Gasteiger partial charge in [-0.25, -0.2) is 0 Å². The fraction of sp³-hybridized carbons (Fsp3) is 0.100. The summed E-state index contributed by atoms with van der Waals surface area (Å²) in [6, 6.07) is 20.0. The zero-order valence-corrected chi connectivity index (χ0v) is 13.4. The van der Waals surface area contributed by atoms with Gasteiger partial charge in [0.1, 0.15) is 0 Å². The number of rotatable bonds is 3. The quantitative estimate of drug-likeness (QED) is 0.581. The van der Waals surface area contributed by atoms with E-state index in [4.69, 9.17) is 0 Å². The molecule has 0 fully saturated rings. The number of hydrogen-bond donors (Lipinski definition) is 0. The molecule has 0 radical (unpaired) electrons. The lowest BCUT2D eigenvalue weighted by molar-refractivity contribution is 0.712. The summed E-state index contributed by atoms with van der Waals surface area (Å²) in [5.41, 5.74) is 4.40. The van der Waals surface area contributed by atoms with Gasteiger partial charge in [-0.2, -0.15) is 5.10 Å². The van der Waals surface area contributed by atoms with Crippen molar-refractivity contribution in [1.82, 2.24) is 14.3 Å². The van der Waals surface area contributed by atoms with E-state index in [1.807, 2.05) is 41.3 Å². The third-order valence-electron chi connectivity index (χ3n) is 4.24. The minimum absolute atomic E-state index is 0.00560. The van der Waals surface area contributed by atoms with E-state index in [2.05, 4.69) is 35.4 Å². The molecule has 0 aliphatic heterocycles. The van der Waals surface area contributed by atoms with E-state index in [1.54, 1.807) is 17.7 Å². The summed E-state index contributed by atoms with van der Waals surface area (Å²) in [5.74, 6) is 0. The van der Waals surface area contributed by atoms with Gasteiger partial charge in [0.05, 0.1) is 18.3 Å². The Kier molecular flexibility index (Phi) is 3.50. The van der Waals surface area contributed by atoms with Crippen LogP contribution in [0, 0.1) is 0 Å². The maximum atomic E-state index is 11.6. The van der Waals surface area contributed by atoms with E-state index in [0.29, 0.717) is 0 Å². The standard InChI is InChI=1S/C20H17N3O/c1-22-14-18(9-10-20(22)24)16-7-8-17-12-21-23(19(17)11-16)13-15-5-3-2-4-6-15/h2-12,14H,13H2,1H3. The van der Waals surface area contributed by atoms with Gasteiger partial charge >= 0.3 is 0 Å². The van der Waals surface area contributed by atoms with Crippen LogP contribution in [-0.4, -0.2) is 14.3 Å². The molecule has 0 aliphatic rings. The Morgan fingerprint density at radius 3 is 2.54 bits per heavy atom. The average Bonchev–Trinajstić information content (AvgIpc) is 3.00. The van der Waals surface area contributed by atoms with Crippen molar-refractivity contribution in [3.63, 3.8) is 0 Å². The van der Waals surface area contributed by atoms with Gasteiger partial charge in [-0.05, 0) is 28.8 Å². The van der Waals surface area contributed by atoms with E-state index in [1.165, 1.54) is 5.56 Å². The van der Waals surface area contributed by atoms with Crippen LogP contribution in [0.15, 0.2) is 77.9 Å². The Morgan fingerprint density at radius 1 is 0.958 bits per heavy atom. The number of benzene rings is 2. The fourth-order valence-electron chi connectivity index (χ4n) is 2.90. The van der Waals surface area contributed by atoms with Crippen LogP contribution in [0.25, 0.3) is 22.0 Å². The Morgan fingerprint density at radius 2 is 1.75 bits per heavy atom. The largest absolute Gasteiger partial charge is 0.318 e. The molecule has 24 heavy (non-hydrogen) atoms. The molecule has 2 heterocycles. The summed E-state index contributed by atoms with van der Waals surface area (Å²) in [6.07, 6.45) is 3.75. The number of aryl methyl sites for hydroxylation is 1.